The van der Waals surface area contributed by atoms with Crippen LogP contribution in [0.3, 0.4) is 0 Å². The van der Waals surface area contributed by atoms with Gasteiger partial charge in [-0.2, -0.15) is 0 Å². The standard InChI is InChI=1S/C23H18ClN3O/c1-3-22(28)26-19-12-20-21(14-27(2)23(20)25-13-19)17-6-4-15(5-7-17)16-8-10-18(24)11-9-16/h3-14H,1H2,2H3,(H,26,28). The molecule has 4 nitrogen and oxygen atoms in total. The maximum absolute atomic E-state index is 11.6. The van der Waals surface area contributed by atoms with Gasteiger partial charge >= 0.3 is 0 Å². The van der Waals surface area contributed by atoms with E-state index in [1.165, 1.54) is 6.08 Å². The third-order valence-electron chi connectivity index (χ3n) is 4.64. The predicted molar refractivity (Wildman–Crippen MR) is 115 cm³/mol. The predicted octanol–water partition coefficient (Wildman–Crippen LogP) is 5.69. The summed E-state index contributed by atoms with van der Waals surface area (Å²) in [5.41, 5.74) is 5.87. The van der Waals surface area contributed by atoms with Crippen molar-refractivity contribution in [2.24, 2.45) is 7.05 Å². The molecular formula is C23H18ClN3O. The molecule has 4 aromatic rings. The molecule has 0 saturated heterocycles. The van der Waals surface area contributed by atoms with E-state index in [9.17, 15) is 4.79 Å². The molecule has 0 aliphatic carbocycles. The number of fused-ring (bicyclic) bond motifs is 1. The maximum Gasteiger partial charge on any atom is 0.247 e. The van der Waals surface area contributed by atoms with Crippen LogP contribution in [0.2, 0.25) is 5.02 Å². The van der Waals surface area contributed by atoms with Gasteiger partial charge in [-0.3, -0.25) is 4.79 Å². The Balaban J connectivity index is 1.73. The average Bonchev–Trinajstić information content (AvgIpc) is 3.04. The molecule has 2 aromatic heterocycles. The van der Waals surface area contributed by atoms with E-state index in [0.29, 0.717) is 5.69 Å². The first kappa shape index (κ1) is 18.0. The summed E-state index contributed by atoms with van der Waals surface area (Å²) in [4.78, 5) is 16.1. The van der Waals surface area contributed by atoms with Gasteiger partial charge in [-0.15, -0.1) is 0 Å². The summed E-state index contributed by atoms with van der Waals surface area (Å²) in [5, 5.41) is 4.47. The Bertz CT molecular complexity index is 1180. The number of pyridine rings is 1. The highest BCUT2D eigenvalue weighted by atomic mass is 35.5. The van der Waals surface area contributed by atoms with Crippen molar-refractivity contribution in [3.63, 3.8) is 0 Å². The number of aromatic nitrogens is 2. The number of aryl methyl sites for hydroxylation is 1. The molecule has 0 bridgehead atoms. The molecule has 28 heavy (non-hydrogen) atoms. The zero-order valence-corrected chi connectivity index (χ0v) is 16.1. The molecule has 1 N–H and O–H groups in total. The van der Waals surface area contributed by atoms with Crippen LogP contribution in [0.15, 0.2) is 79.6 Å². The monoisotopic (exact) mass is 387 g/mol. The number of hydrogen-bond acceptors (Lipinski definition) is 2. The van der Waals surface area contributed by atoms with Gasteiger partial charge in [0.1, 0.15) is 5.65 Å². The fourth-order valence-corrected chi connectivity index (χ4v) is 3.36. The number of amides is 1. The number of nitrogens with one attached hydrogen (secondary N) is 1. The van der Waals surface area contributed by atoms with Crippen LogP contribution in [0.5, 0.6) is 0 Å². The largest absolute Gasteiger partial charge is 0.335 e. The molecule has 0 aliphatic rings. The van der Waals surface area contributed by atoms with Crippen molar-refractivity contribution in [2.45, 2.75) is 0 Å². The number of hydrogen-bond donors (Lipinski definition) is 1. The van der Waals surface area contributed by atoms with Crippen LogP contribution in [0.25, 0.3) is 33.3 Å². The highest BCUT2D eigenvalue weighted by molar-refractivity contribution is 6.30. The van der Waals surface area contributed by atoms with E-state index in [0.717, 1.165) is 38.3 Å². The second-order valence-corrected chi connectivity index (χ2v) is 6.96. The average molecular weight is 388 g/mol. The van der Waals surface area contributed by atoms with Gasteiger partial charge in [0.2, 0.25) is 5.91 Å². The fourth-order valence-electron chi connectivity index (χ4n) is 3.24. The minimum atomic E-state index is -0.258. The number of carbonyl (C=O) groups excluding carboxylic acids is 1. The molecule has 2 heterocycles. The highest BCUT2D eigenvalue weighted by Gasteiger charge is 2.11. The third-order valence-corrected chi connectivity index (χ3v) is 4.89. The number of halogens is 1. The van der Waals surface area contributed by atoms with Gasteiger partial charge in [-0.25, -0.2) is 4.98 Å². The van der Waals surface area contributed by atoms with Crippen molar-refractivity contribution in [3.05, 3.63) is 84.7 Å². The maximum atomic E-state index is 11.6. The lowest BCUT2D eigenvalue weighted by Gasteiger charge is -2.06. The molecule has 0 atom stereocenters. The van der Waals surface area contributed by atoms with E-state index in [1.807, 2.05) is 48.1 Å². The van der Waals surface area contributed by atoms with Crippen molar-refractivity contribution in [1.29, 1.82) is 0 Å². The second kappa shape index (κ2) is 7.33. The number of carbonyl (C=O) groups is 1. The summed E-state index contributed by atoms with van der Waals surface area (Å²) in [6, 6.07) is 18.1. The van der Waals surface area contributed by atoms with E-state index in [2.05, 4.69) is 41.1 Å². The molecule has 0 fully saturated rings. The van der Waals surface area contributed by atoms with Crippen LogP contribution in [0.4, 0.5) is 5.69 Å². The number of nitrogens with zero attached hydrogens (tertiary/aromatic N) is 2. The Hall–Kier alpha value is -3.37. The lowest BCUT2D eigenvalue weighted by molar-refractivity contribution is -0.111. The molecule has 0 radical (unpaired) electrons. The minimum absolute atomic E-state index is 0.258. The first-order chi connectivity index (χ1) is 13.5. The fraction of sp³-hybridized carbons (Fsp3) is 0.0435. The smallest absolute Gasteiger partial charge is 0.247 e. The Labute approximate surface area is 168 Å². The van der Waals surface area contributed by atoms with Crippen LogP contribution < -0.4 is 5.32 Å². The van der Waals surface area contributed by atoms with Crippen molar-refractivity contribution in [2.75, 3.05) is 5.32 Å². The summed E-state index contributed by atoms with van der Waals surface area (Å²) in [6.07, 6.45) is 4.94. The Morgan fingerprint density at radius 1 is 1.07 bits per heavy atom. The SMILES string of the molecule is C=CC(=O)Nc1cnc2c(c1)c(-c1ccc(-c3ccc(Cl)cc3)cc1)cn2C. The molecule has 0 unspecified atom stereocenters. The second-order valence-electron chi connectivity index (χ2n) is 6.53. The summed E-state index contributed by atoms with van der Waals surface area (Å²) < 4.78 is 1.98. The summed E-state index contributed by atoms with van der Waals surface area (Å²) in [5.74, 6) is -0.258. The van der Waals surface area contributed by atoms with Crippen LogP contribution in [0, 0.1) is 0 Å². The zero-order chi connectivity index (χ0) is 19.7. The van der Waals surface area contributed by atoms with Crippen molar-refractivity contribution in [3.8, 4) is 22.3 Å². The molecular weight excluding hydrogens is 370 g/mol. The summed E-state index contributed by atoms with van der Waals surface area (Å²) >= 11 is 5.98. The molecule has 2 aromatic carbocycles. The van der Waals surface area contributed by atoms with E-state index in [1.54, 1.807) is 6.20 Å². The first-order valence-corrected chi connectivity index (χ1v) is 9.18. The number of rotatable bonds is 4. The molecule has 5 heteroatoms. The van der Waals surface area contributed by atoms with Crippen molar-refractivity contribution in [1.82, 2.24) is 9.55 Å². The summed E-state index contributed by atoms with van der Waals surface area (Å²) in [7, 11) is 1.96. The zero-order valence-electron chi connectivity index (χ0n) is 15.3. The van der Waals surface area contributed by atoms with Crippen molar-refractivity contribution < 1.29 is 4.79 Å². The molecule has 1 amide bonds. The van der Waals surface area contributed by atoms with E-state index < -0.39 is 0 Å². The topological polar surface area (TPSA) is 46.9 Å². The molecule has 4 rings (SSSR count). The molecule has 0 spiro atoms. The third kappa shape index (κ3) is 3.42. The van der Waals surface area contributed by atoms with E-state index in [-0.39, 0.29) is 5.91 Å². The van der Waals surface area contributed by atoms with E-state index in [4.69, 9.17) is 11.6 Å². The van der Waals surface area contributed by atoms with Gasteiger partial charge in [0.15, 0.2) is 0 Å². The van der Waals surface area contributed by atoms with Gasteiger partial charge in [-0.1, -0.05) is 54.6 Å². The van der Waals surface area contributed by atoms with Gasteiger partial charge in [0, 0.05) is 29.2 Å². The van der Waals surface area contributed by atoms with Gasteiger partial charge in [0.05, 0.1) is 11.9 Å². The molecule has 138 valence electrons. The lowest BCUT2D eigenvalue weighted by Crippen LogP contribution is -2.07. The normalized spacial score (nSPS) is 10.8. The van der Waals surface area contributed by atoms with Gasteiger partial charge in [0.25, 0.3) is 0 Å². The van der Waals surface area contributed by atoms with E-state index >= 15 is 0 Å². The molecule has 0 aliphatic heterocycles. The van der Waals surface area contributed by atoms with Gasteiger partial charge < -0.3 is 9.88 Å². The summed E-state index contributed by atoms with van der Waals surface area (Å²) in [6.45, 7) is 3.48. The van der Waals surface area contributed by atoms with Gasteiger partial charge in [-0.05, 0) is 41.0 Å². The Kier molecular flexibility index (Phi) is 4.72. The lowest BCUT2D eigenvalue weighted by atomic mass is 10.0. The number of anilines is 1. The van der Waals surface area contributed by atoms with Crippen molar-refractivity contribution >= 4 is 34.2 Å². The van der Waals surface area contributed by atoms with Crippen LogP contribution in [0.1, 0.15) is 0 Å². The number of benzene rings is 2. The van der Waals surface area contributed by atoms with Crippen LogP contribution in [-0.4, -0.2) is 15.5 Å². The quantitative estimate of drug-likeness (QED) is 0.457. The Morgan fingerprint density at radius 3 is 2.32 bits per heavy atom. The van der Waals surface area contributed by atoms with Crippen LogP contribution in [-0.2, 0) is 11.8 Å². The molecule has 0 saturated carbocycles. The minimum Gasteiger partial charge on any atom is -0.335 e. The van der Waals surface area contributed by atoms with Crippen LogP contribution >= 0.6 is 11.6 Å². The Morgan fingerprint density at radius 2 is 1.68 bits per heavy atom. The highest BCUT2D eigenvalue weighted by Crippen LogP contribution is 2.32. The first-order valence-electron chi connectivity index (χ1n) is 8.80.